The zero-order valence-electron chi connectivity index (χ0n) is 19.9. The Labute approximate surface area is 202 Å². The molecule has 2 amide bonds. The van der Waals surface area contributed by atoms with Gasteiger partial charge >= 0.3 is 0 Å². The van der Waals surface area contributed by atoms with Gasteiger partial charge < -0.3 is 15.4 Å². The molecule has 2 atom stereocenters. The lowest BCUT2D eigenvalue weighted by Gasteiger charge is -2.11. The van der Waals surface area contributed by atoms with Crippen molar-refractivity contribution in [1.29, 1.82) is 0 Å². The molecule has 4 rings (SSSR count). The Morgan fingerprint density at radius 2 is 2.03 bits per heavy atom. The van der Waals surface area contributed by atoms with Gasteiger partial charge in [-0.05, 0) is 55.9 Å². The van der Waals surface area contributed by atoms with Crippen LogP contribution < -0.4 is 15.4 Å². The summed E-state index contributed by atoms with van der Waals surface area (Å²) in [6.07, 6.45) is 4.68. The maximum atomic E-state index is 13.6. The van der Waals surface area contributed by atoms with Crippen LogP contribution >= 0.6 is 0 Å². The van der Waals surface area contributed by atoms with Crippen molar-refractivity contribution in [3.8, 4) is 17.1 Å². The van der Waals surface area contributed by atoms with Crippen LogP contribution in [0.4, 0.5) is 4.39 Å². The molecule has 35 heavy (non-hydrogen) atoms. The fourth-order valence-electron chi connectivity index (χ4n) is 4.33. The van der Waals surface area contributed by atoms with Crippen LogP contribution in [0.3, 0.4) is 0 Å². The van der Waals surface area contributed by atoms with Gasteiger partial charge in [-0.3, -0.25) is 14.3 Å². The van der Waals surface area contributed by atoms with Gasteiger partial charge in [-0.15, -0.1) is 5.10 Å². The number of aryl methyl sites for hydroxylation is 1. The first-order chi connectivity index (χ1) is 16.8. The van der Waals surface area contributed by atoms with Gasteiger partial charge in [0.15, 0.2) is 11.6 Å². The number of amides is 2. The van der Waals surface area contributed by atoms with Crippen molar-refractivity contribution in [2.24, 2.45) is 5.92 Å². The molecule has 184 valence electrons. The summed E-state index contributed by atoms with van der Waals surface area (Å²) in [5.41, 5.74) is 1.94. The van der Waals surface area contributed by atoms with E-state index in [4.69, 9.17) is 4.74 Å². The number of carbonyl (C=O) groups is 2. The number of benzene rings is 1. The molecule has 2 N–H and O–H groups in total. The van der Waals surface area contributed by atoms with E-state index in [9.17, 15) is 14.0 Å². The third-order valence-corrected chi connectivity index (χ3v) is 5.93. The standard InChI is InChI=1S/C24H28FN7O3/c1-14-27-20(22-13-32(31-30-22)12-17-4-6-18(8-17)29-15(2)33)10-21(28-14)24(34)26-11-16-5-7-19(25)23(9-16)35-3/h5,7,9-10,13,17-18H,4,6,8,11-12H2,1-3H3,(H,26,34)(H,29,33)/t17-,18+/m1/s1. The van der Waals surface area contributed by atoms with Crippen LogP contribution in [0.25, 0.3) is 11.4 Å². The summed E-state index contributed by atoms with van der Waals surface area (Å²) in [5.74, 6) is 0.0902. The smallest absolute Gasteiger partial charge is 0.270 e. The van der Waals surface area contributed by atoms with Crippen LogP contribution in [0.2, 0.25) is 0 Å². The van der Waals surface area contributed by atoms with Crippen LogP contribution in [0.5, 0.6) is 5.75 Å². The van der Waals surface area contributed by atoms with E-state index in [1.165, 1.54) is 26.2 Å². The first-order valence-corrected chi connectivity index (χ1v) is 11.4. The van der Waals surface area contributed by atoms with Gasteiger partial charge in [-0.1, -0.05) is 11.3 Å². The first-order valence-electron chi connectivity index (χ1n) is 11.4. The highest BCUT2D eigenvalue weighted by molar-refractivity contribution is 5.93. The molecule has 1 aromatic carbocycles. The molecule has 1 aliphatic rings. The third-order valence-electron chi connectivity index (χ3n) is 5.93. The summed E-state index contributed by atoms with van der Waals surface area (Å²) >= 11 is 0. The van der Waals surface area contributed by atoms with Gasteiger partial charge in [0.1, 0.15) is 17.2 Å². The molecule has 3 aromatic rings. The molecule has 0 bridgehead atoms. The number of halogens is 1. The second-order valence-electron chi connectivity index (χ2n) is 8.74. The van der Waals surface area contributed by atoms with E-state index in [1.54, 1.807) is 29.9 Å². The Balaban J connectivity index is 1.41. The minimum Gasteiger partial charge on any atom is -0.494 e. The number of ether oxygens (including phenoxy) is 1. The van der Waals surface area contributed by atoms with Crippen molar-refractivity contribution < 1.29 is 18.7 Å². The lowest BCUT2D eigenvalue weighted by molar-refractivity contribution is -0.119. The SMILES string of the molecule is COc1cc(CNC(=O)c2cc(-c3cn(C[C@@H]4CC[C@H](NC(C)=O)C4)nn3)nc(C)n2)ccc1F. The van der Waals surface area contributed by atoms with E-state index in [1.807, 2.05) is 0 Å². The molecule has 1 fully saturated rings. The molecule has 11 heteroatoms. The fraction of sp³-hybridized carbons (Fsp3) is 0.417. The first kappa shape index (κ1) is 24.2. The summed E-state index contributed by atoms with van der Waals surface area (Å²) in [4.78, 5) is 32.7. The number of carbonyl (C=O) groups excluding carboxylic acids is 2. The number of nitrogens with one attached hydrogen (secondary N) is 2. The summed E-state index contributed by atoms with van der Waals surface area (Å²) < 4.78 is 20.4. The van der Waals surface area contributed by atoms with E-state index in [2.05, 4.69) is 30.9 Å². The number of hydrogen-bond donors (Lipinski definition) is 2. The second-order valence-corrected chi connectivity index (χ2v) is 8.74. The molecule has 0 unspecified atom stereocenters. The van der Waals surface area contributed by atoms with Crippen molar-refractivity contribution in [2.75, 3.05) is 7.11 Å². The average Bonchev–Trinajstić information content (AvgIpc) is 3.47. The largest absolute Gasteiger partial charge is 0.494 e. The fourth-order valence-corrected chi connectivity index (χ4v) is 4.33. The zero-order valence-corrected chi connectivity index (χ0v) is 19.9. The van der Waals surface area contributed by atoms with Crippen LogP contribution in [-0.4, -0.2) is 49.9 Å². The van der Waals surface area contributed by atoms with E-state index in [0.29, 0.717) is 35.2 Å². The number of aromatic nitrogens is 5. The Bertz CT molecular complexity index is 1230. The predicted octanol–water partition coefficient (Wildman–Crippen LogP) is 2.43. The average molecular weight is 482 g/mol. The van der Waals surface area contributed by atoms with Gasteiger partial charge in [-0.25, -0.2) is 14.4 Å². The lowest BCUT2D eigenvalue weighted by atomic mass is 10.1. The van der Waals surface area contributed by atoms with Crippen LogP contribution in [0.1, 0.15) is 48.1 Å². The molecule has 0 spiro atoms. The quantitative estimate of drug-likeness (QED) is 0.506. The normalized spacial score (nSPS) is 17.3. The van der Waals surface area contributed by atoms with Gasteiger partial charge in [0.2, 0.25) is 5.91 Å². The predicted molar refractivity (Wildman–Crippen MR) is 125 cm³/mol. The van der Waals surface area contributed by atoms with E-state index >= 15 is 0 Å². The maximum Gasteiger partial charge on any atom is 0.270 e. The van der Waals surface area contributed by atoms with Crippen LogP contribution in [0, 0.1) is 18.7 Å². The Kier molecular flexibility index (Phi) is 7.33. The molecule has 2 aromatic heterocycles. The van der Waals surface area contributed by atoms with Crippen molar-refractivity contribution in [3.63, 3.8) is 0 Å². The minimum atomic E-state index is -0.466. The highest BCUT2D eigenvalue weighted by atomic mass is 19.1. The second kappa shape index (κ2) is 10.6. The highest BCUT2D eigenvalue weighted by Gasteiger charge is 2.26. The summed E-state index contributed by atoms with van der Waals surface area (Å²) in [6, 6.07) is 6.19. The number of nitrogens with zero attached hydrogens (tertiary/aromatic N) is 5. The number of methoxy groups -OCH3 is 1. The van der Waals surface area contributed by atoms with Gasteiger partial charge in [0.05, 0.1) is 19.0 Å². The van der Waals surface area contributed by atoms with E-state index in [-0.39, 0.29) is 35.8 Å². The van der Waals surface area contributed by atoms with Crippen LogP contribution in [-0.2, 0) is 17.9 Å². The summed E-state index contributed by atoms with van der Waals surface area (Å²) in [6.45, 7) is 4.12. The highest BCUT2D eigenvalue weighted by Crippen LogP contribution is 2.27. The Morgan fingerprint density at radius 3 is 2.80 bits per heavy atom. The molecular formula is C24H28FN7O3. The third kappa shape index (κ3) is 6.17. The molecular weight excluding hydrogens is 453 g/mol. The monoisotopic (exact) mass is 481 g/mol. The van der Waals surface area contributed by atoms with Crippen molar-refractivity contribution in [3.05, 3.63) is 53.4 Å². The number of rotatable bonds is 8. The zero-order chi connectivity index (χ0) is 24.9. The molecule has 0 aliphatic heterocycles. The summed E-state index contributed by atoms with van der Waals surface area (Å²) in [5, 5.41) is 14.2. The molecule has 0 radical (unpaired) electrons. The lowest BCUT2D eigenvalue weighted by Crippen LogP contribution is -2.30. The molecule has 2 heterocycles. The Hall–Kier alpha value is -3.89. The van der Waals surface area contributed by atoms with Gasteiger partial charge in [0.25, 0.3) is 5.91 Å². The van der Waals surface area contributed by atoms with Crippen molar-refractivity contribution in [1.82, 2.24) is 35.6 Å². The van der Waals surface area contributed by atoms with E-state index < -0.39 is 5.82 Å². The van der Waals surface area contributed by atoms with Crippen molar-refractivity contribution in [2.45, 2.75) is 52.2 Å². The van der Waals surface area contributed by atoms with Crippen LogP contribution in [0.15, 0.2) is 30.5 Å². The molecule has 1 saturated carbocycles. The number of hydrogen-bond acceptors (Lipinski definition) is 7. The molecule has 1 aliphatic carbocycles. The van der Waals surface area contributed by atoms with Gasteiger partial charge in [-0.2, -0.15) is 0 Å². The molecule has 10 nitrogen and oxygen atoms in total. The summed E-state index contributed by atoms with van der Waals surface area (Å²) in [7, 11) is 1.39. The van der Waals surface area contributed by atoms with Crippen molar-refractivity contribution >= 4 is 11.8 Å². The van der Waals surface area contributed by atoms with Gasteiger partial charge in [0, 0.05) is 26.1 Å². The topological polar surface area (TPSA) is 124 Å². The van der Waals surface area contributed by atoms with E-state index in [0.717, 1.165) is 19.3 Å². The molecule has 0 saturated heterocycles. The maximum absolute atomic E-state index is 13.6. The Morgan fingerprint density at radius 1 is 1.20 bits per heavy atom. The minimum absolute atomic E-state index is 0.00458.